The van der Waals surface area contributed by atoms with Crippen molar-refractivity contribution in [1.29, 1.82) is 0 Å². The van der Waals surface area contributed by atoms with E-state index >= 15 is 0 Å². The molecule has 2 atom stereocenters. The van der Waals surface area contributed by atoms with Crippen LogP contribution in [0.4, 0.5) is 4.79 Å². The summed E-state index contributed by atoms with van der Waals surface area (Å²) in [6, 6.07) is -2.05. The second-order valence-corrected chi connectivity index (χ2v) is 4.75. The van der Waals surface area contributed by atoms with Gasteiger partial charge in [-0.15, -0.1) is 0 Å². The van der Waals surface area contributed by atoms with E-state index in [1.165, 1.54) is 6.92 Å². The van der Waals surface area contributed by atoms with Crippen LogP contribution in [0.3, 0.4) is 0 Å². The largest absolute Gasteiger partial charge is 0.481 e. The third-order valence-electron chi connectivity index (χ3n) is 2.77. The van der Waals surface area contributed by atoms with Gasteiger partial charge in [0.1, 0.15) is 12.1 Å². The fourth-order valence-electron chi connectivity index (χ4n) is 1.44. The van der Waals surface area contributed by atoms with E-state index in [1.54, 1.807) is 0 Å². The summed E-state index contributed by atoms with van der Waals surface area (Å²) in [4.78, 5) is 44.9. The number of carboxylic acid groups (broad SMARTS) is 1. The lowest BCUT2D eigenvalue weighted by atomic mass is 10.1. The topological polar surface area (TPSA) is 148 Å². The Morgan fingerprint density at radius 1 is 1.23 bits per heavy atom. The van der Waals surface area contributed by atoms with Crippen molar-refractivity contribution in [2.45, 2.75) is 51.6 Å². The molecule has 0 heterocycles. The molecule has 9 heteroatoms. The average molecular weight is 317 g/mol. The summed E-state index contributed by atoms with van der Waals surface area (Å²) in [5.74, 6) is -2.60. The molecule has 0 saturated carbocycles. The van der Waals surface area contributed by atoms with Crippen molar-refractivity contribution in [3.8, 4) is 0 Å². The number of carboxylic acids is 1. The van der Waals surface area contributed by atoms with Crippen molar-refractivity contribution in [3.05, 3.63) is 0 Å². The van der Waals surface area contributed by atoms with Gasteiger partial charge in [-0.1, -0.05) is 13.3 Å². The number of carbonyl (C=O) groups is 4. The molecule has 5 N–H and O–H groups in total. The lowest BCUT2D eigenvalue weighted by Gasteiger charge is -2.18. The fraction of sp³-hybridized carbons (Fsp3) is 0.692. The minimum atomic E-state index is -1.11. The molecule has 0 aromatic heterocycles. The van der Waals surface area contributed by atoms with E-state index in [9.17, 15) is 19.2 Å². The van der Waals surface area contributed by atoms with Crippen molar-refractivity contribution in [1.82, 2.24) is 10.6 Å². The van der Waals surface area contributed by atoms with Crippen LogP contribution in [0, 0.1) is 0 Å². The zero-order chi connectivity index (χ0) is 17.1. The minimum absolute atomic E-state index is 0.121. The zero-order valence-corrected chi connectivity index (χ0v) is 12.8. The van der Waals surface area contributed by atoms with Crippen LogP contribution < -0.4 is 16.4 Å². The lowest BCUT2D eigenvalue weighted by Crippen LogP contribution is -2.52. The average Bonchev–Trinajstić information content (AvgIpc) is 2.42. The Balaban J connectivity index is 4.32. The van der Waals surface area contributed by atoms with Crippen LogP contribution in [0.1, 0.15) is 39.5 Å². The van der Waals surface area contributed by atoms with Crippen LogP contribution in [0.5, 0.6) is 0 Å². The number of rotatable bonds is 10. The molecule has 3 amide bonds. The molecule has 0 aliphatic rings. The number of amides is 3. The number of nitrogens with one attached hydrogen (secondary N) is 2. The highest BCUT2D eigenvalue weighted by Crippen LogP contribution is 1.98. The van der Waals surface area contributed by atoms with Crippen LogP contribution >= 0.6 is 0 Å². The number of aliphatic carboxylic acids is 1. The Labute approximate surface area is 128 Å². The standard InChI is InChI=1S/C13H23N3O6/c1-3-4-7-22-13(21)15-8(2)12(20)16-9(11(14)19)5-6-10(17)18/h8-9H,3-7H2,1-2H3,(H2,14,19)(H,15,21)(H,16,20)(H,17,18)/t8-,9+/m0/s1. The van der Waals surface area contributed by atoms with Gasteiger partial charge in [-0.3, -0.25) is 14.4 Å². The first-order valence-corrected chi connectivity index (χ1v) is 7.02. The molecular weight excluding hydrogens is 294 g/mol. The first-order chi connectivity index (χ1) is 10.3. The predicted molar refractivity (Wildman–Crippen MR) is 76.8 cm³/mol. The molecular formula is C13H23N3O6. The van der Waals surface area contributed by atoms with Crippen molar-refractivity contribution in [2.75, 3.05) is 6.61 Å². The van der Waals surface area contributed by atoms with Crippen molar-refractivity contribution in [2.24, 2.45) is 5.73 Å². The molecule has 0 aromatic rings. The quantitative estimate of drug-likeness (QED) is 0.408. The molecule has 0 saturated heterocycles. The molecule has 0 unspecified atom stereocenters. The van der Waals surface area contributed by atoms with E-state index in [2.05, 4.69) is 10.6 Å². The molecule has 0 aliphatic carbocycles. The van der Waals surface area contributed by atoms with Gasteiger partial charge in [0.15, 0.2) is 0 Å². The Morgan fingerprint density at radius 3 is 2.36 bits per heavy atom. The van der Waals surface area contributed by atoms with Gasteiger partial charge >= 0.3 is 12.1 Å². The maximum absolute atomic E-state index is 11.8. The molecule has 0 spiro atoms. The predicted octanol–water partition coefficient (Wildman–Crippen LogP) is -0.264. The minimum Gasteiger partial charge on any atom is -0.481 e. The third-order valence-corrected chi connectivity index (χ3v) is 2.77. The van der Waals surface area contributed by atoms with Gasteiger partial charge in [0.25, 0.3) is 0 Å². The van der Waals surface area contributed by atoms with Gasteiger partial charge in [-0.2, -0.15) is 0 Å². The SMILES string of the molecule is CCCCOC(=O)N[C@@H](C)C(=O)N[C@H](CCC(=O)O)C(N)=O. The molecule has 0 aromatic carbocycles. The highest BCUT2D eigenvalue weighted by atomic mass is 16.5. The molecule has 22 heavy (non-hydrogen) atoms. The van der Waals surface area contributed by atoms with Gasteiger partial charge < -0.3 is 26.2 Å². The Bertz CT molecular complexity index is 413. The fourth-order valence-corrected chi connectivity index (χ4v) is 1.44. The summed E-state index contributed by atoms with van der Waals surface area (Å²) >= 11 is 0. The monoisotopic (exact) mass is 317 g/mol. The van der Waals surface area contributed by atoms with E-state index in [4.69, 9.17) is 15.6 Å². The summed E-state index contributed by atoms with van der Waals surface area (Å²) < 4.78 is 4.84. The van der Waals surface area contributed by atoms with Crippen LogP contribution in [0.25, 0.3) is 0 Å². The molecule has 9 nitrogen and oxygen atoms in total. The van der Waals surface area contributed by atoms with Crippen molar-refractivity contribution in [3.63, 3.8) is 0 Å². The van der Waals surface area contributed by atoms with Crippen LogP contribution in [0.2, 0.25) is 0 Å². The number of hydrogen-bond donors (Lipinski definition) is 4. The summed E-state index contributed by atoms with van der Waals surface area (Å²) in [6.45, 7) is 3.60. The lowest BCUT2D eigenvalue weighted by molar-refractivity contribution is -0.137. The molecule has 0 aliphatic heterocycles. The van der Waals surface area contributed by atoms with Crippen LogP contribution in [-0.2, 0) is 19.1 Å². The third kappa shape index (κ3) is 8.77. The van der Waals surface area contributed by atoms with E-state index in [1.807, 2.05) is 6.92 Å². The smallest absolute Gasteiger partial charge is 0.407 e. The molecule has 126 valence electrons. The Hall–Kier alpha value is -2.32. The summed E-state index contributed by atoms with van der Waals surface area (Å²) in [5.41, 5.74) is 5.10. The second kappa shape index (κ2) is 10.4. The first kappa shape index (κ1) is 19.7. The zero-order valence-electron chi connectivity index (χ0n) is 12.8. The number of hydrogen-bond acceptors (Lipinski definition) is 5. The Kier molecular flexibility index (Phi) is 9.31. The number of primary amides is 1. The van der Waals surface area contributed by atoms with Crippen molar-refractivity contribution < 1.29 is 29.0 Å². The van der Waals surface area contributed by atoms with E-state index in [0.717, 1.165) is 6.42 Å². The highest BCUT2D eigenvalue weighted by molar-refractivity contribution is 5.90. The number of ether oxygens (including phenoxy) is 1. The summed E-state index contributed by atoms with van der Waals surface area (Å²) in [7, 11) is 0. The van der Waals surface area contributed by atoms with Gasteiger partial charge in [0.05, 0.1) is 6.61 Å². The normalized spacial score (nSPS) is 12.8. The van der Waals surface area contributed by atoms with Gasteiger partial charge in [0.2, 0.25) is 11.8 Å². The summed E-state index contributed by atoms with van der Waals surface area (Å²) in [5, 5.41) is 13.2. The number of carbonyl (C=O) groups excluding carboxylic acids is 3. The molecule has 0 rings (SSSR count). The number of unbranched alkanes of at least 4 members (excludes halogenated alkanes) is 1. The van der Waals surface area contributed by atoms with Gasteiger partial charge in [-0.25, -0.2) is 4.79 Å². The molecule has 0 radical (unpaired) electrons. The number of nitrogens with two attached hydrogens (primary N) is 1. The first-order valence-electron chi connectivity index (χ1n) is 7.02. The molecule has 0 fully saturated rings. The maximum Gasteiger partial charge on any atom is 0.407 e. The van der Waals surface area contributed by atoms with Crippen LogP contribution in [0.15, 0.2) is 0 Å². The van der Waals surface area contributed by atoms with Crippen molar-refractivity contribution >= 4 is 23.9 Å². The number of alkyl carbamates (subject to hydrolysis) is 1. The van der Waals surface area contributed by atoms with Crippen LogP contribution in [-0.4, -0.2) is 47.7 Å². The second-order valence-electron chi connectivity index (χ2n) is 4.75. The van der Waals surface area contributed by atoms with E-state index in [-0.39, 0.29) is 19.4 Å². The molecule has 0 bridgehead atoms. The van der Waals surface area contributed by atoms with E-state index < -0.39 is 36.0 Å². The van der Waals surface area contributed by atoms with Gasteiger partial charge in [0, 0.05) is 6.42 Å². The maximum atomic E-state index is 11.8. The Morgan fingerprint density at radius 2 is 1.86 bits per heavy atom. The van der Waals surface area contributed by atoms with Gasteiger partial charge in [-0.05, 0) is 19.8 Å². The van der Waals surface area contributed by atoms with E-state index in [0.29, 0.717) is 6.42 Å². The highest BCUT2D eigenvalue weighted by Gasteiger charge is 2.23. The summed E-state index contributed by atoms with van der Waals surface area (Å²) in [6.07, 6.45) is 0.413.